The van der Waals surface area contributed by atoms with E-state index in [4.69, 9.17) is 16.3 Å². The quantitative estimate of drug-likeness (QED) is 0.835. The molecule has 2 N–H and O–H groups in total. The SMILES string of the molecule is COc1nc(Cl)nc(NCC(=O)NCc2ccccc2)n1. The number of rotatable bonds is 6. The number of hydrogen-bond donors (Lipinski definition) is 2. The van der Waals surface area contributed by atoms with Crippen molar-refractivity contribution in [2.75, 3.05) is 19.0 Å². The van der Waals surface area contributed by atoms with Gasteiger partial charge in [-0.15, -0.1) is 0 Å². The largest absolute Gasteiger partial charge is 0.467 e. The first kappa shape index (κ1) is 15.0. The number of ether oxygens (including phenoxy) is 1. The fraction of sp³-hybridized carbons (Fsp3) is 0.231. The first-order valence-electron chi connectivity index (χ1n) is 6.17. The average molecular weight is 308 g/mol. The highest BCUT2D eigenvalue weighted by Crippen LogP contribution is 2.10. The van der Waals surface area contributed by atoms with Crippen molar-refractivity contribution in [3.63, 3.8) is 0 Å². The summed E-state index contributed by atoms with van der Waals surface area (Å²) in [6, 6.07) is 9.71. The third-order valence-electron chi connectivity index (χ3n) is 2.51. The van der Waals surface area contributed by atoms with Gasteiger partial charge in [0.1, 0.15) is 0 Å². The maximum atomic E-state index is 11.7. The molecular weight excluding hydrogens is 294 g/mol. The summed E-state index contributed by atoms with van der Waals surface area (Å²) in [6.07, 6.45) is 0. The molecule has 0 spiro atoms. The van der Waals surface area contributed by atoms with E-state index in [2.05, 4.69) is 25.6 Å². The van der Waals surface area contributed by atoms with Gasteiger partial charge in [0.2, 0.25) is 17.1 Å². The summed E-state index contributed by atoms with van der Waals surface area (Å²) in [5, 5.41) is 5.53. The van der Waals surface area contributed by atoms with E-state index in [9.17, 15) is 4.79 Å². The third kappa shape index (κ3) is 4.88. The minimum atomic E-state index is -0.186. The van der Waals surface area contributed by atoms with Crippen molar-refractivity contribution in [2.24, 2.45) is 0 Å². The smallest absolute Gasteiger partial charge is 0.322 e. The maximum Gasteiger partial charge on any atom is 0.322 e. The molecule has 21 heavy (non-hydrogen) atoms. The molecule has 0 fully saturated rings. The highest BCUT2D eigenvalue weighted by molar-refractivity contribution is 6.28. The number of methoxy groups -OCH3 is 1. The standard InChI is InChI=1S/C13H14ClN5O2/c1-21-13-18-11(14)17-12(19-13)16-8-10(20)15-7-9-5-3-2-4-6-9/h2-6H,7-8H2,1H3,(H,15,20)(H,16,17,18,19). The second kappa shape index (κ2) is 7.39. The van der Waals surface area contributed by atoms with Crippen molar-refractivity contribution in [3.05, 3.63) is 41.2 Å². The number of benzene rings is 1. The van der Waals surface area contributed by atoms with Gasteiger partial charge >= 0.3 is 6.01 Å². The minimum absolute atomic E-state index is 0.00552. The zero-order valence-corrected chi connectivity index (χ0v) is 12.1. The Balaban J connectivity index is 1.82. The van der Waals surface area contributed by atoms with E-state index in [1.54, 1.807) is 0 Å². The van der Waals surface area contributed by atoms with Crippen LogP contribution in [0.4, 0.5) is 5.95 Å². The monoisotopic (exact) mass is 307 g/mol. The molecule has 0 unspecified atom stereocenters. The fourth-order valence-corrected chi connectivity index (χ4v) is 1.67. The fourth-order valence-electron chi connectivity index (χ4n) is 1.52. The molecular formula is C13H14ClN5O2. The lowest BCUT2D eigenvalue weighted by molar-refractivity contribution is -0.119. The van der Waals surface area contributed by atoms with Gasteiger partial charge in [-0.25, -0.2) is 0 Å². The van der Waals surface area contributed by atoms with E-state index in [0.717, 1.165) is 5.56 Å². The van der Waals surface area contributed by atoms with Gasteiger partial charge in [-0.1, -0.05) is 30.3 Å². The topological polar surface area (TPSA) is 89.0 Å². The minimum Gasteiger partial charge on any atom is -0.467 e. The molecule has 1 aromatic carbocycles. The van der Waals surface area contributed by atoms with Crippen molar-refractivity contribution >= 4 is 23.5 Å². The summed E-state index contributed by atoms with van der Waals surface area (Å²) in [5.74, 6) is -0.00364. The number of carbonyl (C=O) groups is 1. The second-order valence-electron chi connectivity index (χ2n) is 4.03. The molecule has 2 rings (SSSR count). The van der Waals surface area contributed by atoms with Crippen LogP contribution in [0, 0.1) is 0 Å². The first-order valence-corrected chi connectivity index (χ1v) is 6.55. The summed E-state index contributed by atoms with van der Waals surface area (Å²) in [4.78, 5) is 23.2. The number of carbonyl (C=O) groups excluding carboxylic acids is 1. The number of nitrogens with zero attached hydrogens (tertiary/aromatic N) is 3. The van der Waals surface area contributed by atoms with Crippen molar-refractivity contribution in [1.29, 1.82) is 0 Å². The molecule has 1 aromatic heterocycles. The summed E-state index contributed by atoms with van der Waals surface area (Å²) in [5.41, 5.74) is 1.02. The van der Waals surface area contributed by atoms with Crippen molar-refractivity contribution < 1.29 is 9.53 Å². The molecule has 0 radical (unpaired) electrons. The van der Waals surface area contributed by atoms with Crippen LogP contribution in [0.15, 0.2) is 30.3 Å². The Labute approximate surface area is 126 Å². The van der Waals surface area contributed by atoms with E-state index in [0.29, 0.717) is 6.54 Å². The number of nitrogens with one attached hydrogen (secondary N) is 2. The molecule has 8 heteroatoms. The summed E-state index contributed by atoms with van der Waals surface area (Å²) in [7, 11) is 1.42. The zero-order valence-electron chi connectivity index (χ0n) is 11.3. The zero-order chi connectivity index (χ0) is 15.1. The summed E-state index contributed by atoms with van der Waals surface area (Å²) >= 11 is 5.70. The molecule has 0 atom stereocenters. The van der Waals surface area contributed by atoms with Gasteiger partial charge in [-0.05, 0) is 17.2 Å². The number of anilines is 1. The van der Waals surface area contributed by atoms with Gasteiger partial charge < -0.3 is 15.4 Å². The predicted molar refractivity (Wildman–Crippen MR) is 78.2 cm³/mol. The van der Waals surface area contributed by atoms with E-state index < -0.39 is 0 Å². The van der Waals surface area contributed by atoms with Crippen LogP contribution in [-0.2, 0) is 11.3 Å². The van der Waals surface area contributed by atoms with Crippen LogP contribution in [0.3, 0.4) is 0 Å². The lowest BCUT2D eigenvalue weighted by Crippen LogP contribution is -2.29. The van der Waals surface area contributed by atoms with E-state index in [-0.39, 0.29) is 29.7 Å². The van der Waals surface area contributed by atoms with Gasteiger partial charge in [-0.2, -0.15) is 15.0 Å². The molecule has 0 saturated heterocycles. The van der Waals surface area contributed by atoms with E-state index >= 15 is 0 Å². The number of hydrogen-bond acceptors (Lipinski definition) is 6. The summed E-state index contributed by atoms with van der Waals surface area (Å²) in [6.45, 7) is 0.485. The van der Waals surface area contributed by atoms with Crippen LogP contribution in [0.2, 0.25) is 5.28 Å². The molecule has 7 nitrogen and oxygen atoms in total. The second-order valence-corrected chi connectivity index (χ2v) is 4.37. The average Bonchev–Trinajstić information content (AvgIpc) is 2.51. The number of aromatic nitrogens is 3. The van der Waals surface area contributed by atoms with Crippen molar-refractivity contribution in [1.82, 2.24) is 20.3 Å². The van der Waals surface area contributed by atoms with Gasteiger partial charge in [0.25, 0.3) is 0 Å². The Kier molecular flexibility index (Phi) is 5.28. The van der Waals surface area contributed by atoms with Crippen LogP contribution < -0.4 is 15.4 Å². The molecule has 0 saturated carbocycles. The molecule has 110 valence electrons. The van der Waals surface area contributed by atoms with Crippen LogP contribution in [0.25, 0.3) is 0 Å². The highest BCUT2D eigenvalue weighted by atomic mass is 35.5. The lowest BCUT2D eigenvalue weighted by Gasteiger charge is -2.07. The van der Waals surface area contributed by atoms with Crippen LogP contribution in [0.1, 0.15) is 5.56 Å². The maximum absolute atomic E-state index is 11.7. The van der Waals surface area contributed by atoms with E-state index in [1.165, 1.54) is 7.11 Å². The predicted octanol–water partition coefficient (Wildman–Crippen LogP) is 1.26. The van der Waals surface area contributed by atoms with Crippen LogP contribution in [0.5, 0.6) is 6.01 Å². The Bertz CT molecular complexity index is 609. The first-order chi connectivity index (χ1) is 10.2. The van der Waals surface area contributed by atoms with Gasteiger partial charge in [0.05, 0.1) is 13.7 Å². The molecule has 0 aliphatic rings. The van der Waals surface area contributed by atoms with Gasteiger partial charge in [0, 0.05) is 6.54 Å². The van der Waals surface area contributed by atoms with Gasteiger partial charge in [0.15, 0.2) is 0 Å². The summed E-state index contributed by atoms with van der Waals surface area (Å²) < 4.78 is 4.86. The molecule has 1 amide bonds. The van der Waals surface area contributed by atoms with Gasteiger partial charge in [-0.3, -0.25) is 4.79 Å². The Morgan fingerprint density at radius 2 is 2.00 bits per heavy atom. The lowest BCUT2D eigenvalue weighted by atomic mass is 10.2. The molecule has 1 heterocycles. The van der Waals surface area contributed by atoms with E-state index in [1.807, 2.05) is 30.3 Å². The Morgan fingerprint density at radius 1 is 1.24 bits per heavy atom. The van der Waals surface area contributed by atoms with Crippen molar-refractivity contribution in [2.45, 2.75) is 6.54 Å². The number of halogens is 1. The normalized spacial score (nSPS) is 10.0. The molecule has 0 aliphatic heterocycles. The number of amides is 1. The van der Waals surface area contributed by atoms with Crippen molar-refractivity contribution in [3.8, 4) is 6.01 Å². The highest BCUT2D eigenvalue weighted by Gasteiger charge is 2.07. The Hall–Kier alpha value is -2.41. The molecule has 2 aromatic rings. The molecule has 0 aliphatic carbocycles. The molecule has 0 bridgehead atoms. The Morgan fingerprint density at radius 3 is 2.71 bits per heavy atom. The third-order valence-corrected chi connectivity index (χ3v) is 2.68. The van der Waals surface area contributed by atoms with Crippen LogP contribution in [-0.4, -0.2) is 34.5 Å². The van der Waals surface area contributed by atoms with Crippen LogP contribution >= 0.6 is 11.6 Å².